The van der Waals surface area contributed by atoms with Crippen LogP contribution >= 0.6 is 0 Å². The molecule has 1 heterocycles. The van der Waals surface area contributed by atoms with Crippen molar-refractivity contribution in [3.63, 3.8) is 0 Å². The van der Waals surface area contributed by atoms with E-state index >= 15 is 0 Å². The Kier molecular flexibility index (Phi) is 5.20. The van der Waals surface area contributed by atoms with Gasteiger partial charge in [0.1, 0.15) is 5.82 Å². The zero-order valence-corrected chi connectivity index (χ0v) is 13.1. The number of rotatable bonds is 6. The highest BCUT2D eigenvalue weighted by molar-refractivity contribution is 5.83. The van der Waals surface area contributed by atoms with Crippen LogP contribution in [0.25, 0.3) is 10.9 Å². The molecule has 1 atom stereocenters. The van der Waals surface area contributed by atoms with Crippen molar-refractivity contribution in [3.05, 3.63) is 35.8 Å². The highest BCUT2D eigenvalue weighted by atomic mass is 19.1. The fraction of sp³-hybridized carbons (Fsp3) is 0.375. The molecular formula is C16H20FN3O3. The van der Waals surface area contributed by atoms with E-state index in [-0.39, 0.29) is 18.4 Å². The molecule has 0 aliphatic carbocycles. The minimum atomic E-state index is -0.939. The summed E-state index contributed by atoms with van der Waals surface area (Å²) in [7, 11) is 1.55. The number of nitrogens with zero attached hydrogens (tertiary/aromatic N) is 1. The van der Waals surface area contributed by atoms with E-state index in [1.807, 2.05) is 0 Å². The van der Waals surface area contributed by atoms with E-state index in [1.54, 1.807) is 26.2 Å². The van der Waals surface area contributed by atoms with Crippen LogP contribution in [-0.4, -0.2) is 47.1 Å². The number of carboxylic acids is 1. The van der Waals surface area contributed by atoms with E-state index in [0.717, 1.165) is 16.5 Å². The molecule has 1 unspecified atom stereocenters. The lowest BCUT2D eigenvalue weighted by Crippen LogP contribution is -2.41. The van der Waals surface area contributed by atoms with Gasteiger partial charge in [-0.2, -0.15) is 0 Å². The summed E-state index contributed by atoms with van der Waals surface area (Å²) in [4.78, 5) is 27.1. The lowest BCUT2D eigenvalue weighted by Gasteiger charge is -2.19. The molecule has 0 saturated heterocycles. The number of carboxylic acid groups (broad SMARTS) is 1. The molecule has 0 radical (unpaired) electrons. The van der Waals surface area contributed by atoms with Crippen molar-refractivity contribution in [3.8, 4) is 0 Å². The fourth-order valence-corrected chi connectivity index (χ4v) is 2.37. The van der Waals surface area contributed by atoms with Crippen LogP contribution in [0.4, 0.5) is 9.18 Å². The summed E-state index contributed by atoms with van der Waals surface area (Å²) in [6.07, 6.45) is 2.35. The van der Waals surface area contributed by atoms with Crippen LogP contribution in [0.5, 0.6) is 0 Å². The van der Waals surface area contributed by atoms with E-state index in [0.29, 0.717) is 13.0 Å². The molecule has 0 spiro atoms. The second-order valence-electron chi connectivity index (χ2n) is 5.61. The highest BCUT2D eigenvalue weighted by Crippen LogP contribution is 2.19. The van der Waals surface area contributed by atoms with Crippen LogP contribution in [0.2, 0.25) is 0 Å². The standard InChI is InChI=1S/C16H20FN3O3/c1-10(15(21)22)9-20(2)16(23)18-6-5-11-8-19-14-4-3-12(17)7-13(11)14/h3-4,7-8,10,19H,5-6,9H2,1-2H3,(H,18,23)(H,21,22). The maximum atomic E-state index is 13.3. The second-order valence-corrected chi connectivity index (χ2v) is 5.61. The quantitative estimate of drug-likeness (QED) is 0.762. The maximum Gasteiger partial charge on any atom is 0.317 e. The normalized spacial score (nSPS) is 12.1. The number of halogens is 1. The van der Waals surface area contributed by atoms with Crippen LogP contribution in [0.15, 0.2) is 24.4 Å². The number of amides is 2. The van der Waals surface area contributed by atoms with Gasteiger partial charge in [-0.05, 0) is 30.2 Å². The smallest absolute Gasteiger partial charge is 0.317 e. The van der Waals surface area contributed by atoms with Gasteiger partial charge in [0.25, 0.3) is 0 Å². The lowest BCUT2D eigenvalue weighted by molar-refractivity contribution is -0.141. The van der Waals surface area contributed by atoms with Crippen molar-refractivity contribution in [2.75, 3.05) is 20.1 Å². The molecule has 0 bridgehead atoms. The number of urea groups is 1. The average Bonchev–Trinajstić information content (AvgIpc) is 2.89. The van der Waals surface area contributed by atoms with E-state index in [1.165, 1.54) is 17.0 Å². The fourth-order valence-electron chi connectivity index (χ4n) is 2.37. The molecule has 6 nitrogen and oxygen atoms in total. The van der Waals surface area contributed by atoms with Gasteiger partial charge < -0.3 is 20.3 Å². The summed E-state index contributed by atoms with van der Waals surface area (Å²) in [5.41, 5.74) is 1.77. The molecule has 124 valence electrons. The Morgan fingerprint density at radius 1 is 1.43 bits per heavy atom. The Labute approximate surface area is 133 Å². The first-order valence-electron chi connectivity index (χ1n) is 7.35. The largest absolute Gasteiger partial charge is 0.481 e. The van der Waals surface area contributed by atoms with Crippen molar-refractivity contribution in [1.29, 1.82) is 0 Å². The molecule has 2 rings (SSSR count). The van der Waals surface area contributed by atoms with Crippen LogP contribution in [-0.2, 0) is 11.2 Å². The average molecular weight is 321 g/mol. The van der Waals surface area contributed by atoms with Crippen LogP contribution in [0, 0.1) is 11.7 Å². The molecule has 0 fully saturated rings. The van der Waals surface area contributed by atoms with Crippen molar-refractivity contribution >= 4 is 22.9 Å². The number of aromatic nitrogens is 1. The first kappa shape index (κ1) is 16.8. The topological polar surface area (TPSA) is 85.4 Å². The van der Waals surface area contributed by atoms with Gasteiger partial charge in [0.15, 0.2) is 0 Å². The molecular weight excluding hydrogens is 301 g/mol. The number of aliphatic carboxylic acids is 1. The predicted octanol–water partition coefficient (Wildman–Crippen LogP) is 2.21. The molecule has 23 heavy (non-hydrogen) atoms. The third-order valence-corrected chi connectivity index (χ3v) is 3.72. The minimum Gasteiger partial charge on any atom is -0.481 e. The van der Waals surface area contributed by atoms with Gasteiger partial charge in [0.05, 0.1) is 5.92 Å². The summed E-state index contributed by atoms with van der Waals surface area (Å²) in [6.45, 7) is 2.07. The Hall–Kier alpha value is -2.57. The zero-order valence-electron chi connectivity index (χ0n) is 13.1. The molecule has 0 saturated carbocycles. The number of aromatic amines is 1. The molecule has 0 aliphatic heterocycles. The number of benzene rings is 1. The number of nitrogens with one attached hydrogen (secondary N) is 2. The predicted molar refractivity (Wildman–Crippen MR) is 84.8 cm³/mol. The van der Waals surface area contributed by atoms with Crippen LogP contribution < -0.4 is 5.32 Å². The van der Waals surface area contributed by atoms with E-state index in [9.17, 15) is 14.0 Å². The van der Waals surface area contributed by atoms with Gasteiger partial charge in [-0.25, -0.2) is 9.18 Å². The third-order valence-electron chi connectivity index (χ3n) is 3.72. The molecule has 0 aliphatic rings. The highest BCUT2D eigenvalue weighted by Gasteiger charge is 2.17. The molecule has 2 amide bonds. The van der Waals surface area contributed by atoms with E-state index in [2.05, 4.69) is 10.3 Å². The van der Waals surface area contributed by atoms with Crippen molar-refractivity contribution in [1.82, 2.24) is 15.2 Å². The molecule has 2 aromatic rings. The third kappa shape index (κ3) is 4.21. The molecule has 1 aromatic carbocycles. The number of H-pyrrole nitrogens is 1. The Morgan fingerprint density at radius 2 is 2.17 bits per heavy atom. The first-order valence-corrected chi connectivity index (χ1v) is 7.35. The van der Waals surface area contributed by atoms with Gasteiger partial charge >= 0.3 is 12.0 Å². The Bertz CT molecular complexity index is 714. The van der Waals surface area contributed by atoms with E-state index < -0.39 is 11.9 Å². The second kappa shape index (κ2) is 7.13. The SMILES string of the molecule is CC(CN(C)C(=O)NCCc1c[nH]c2ccc(F)cc12)C(=O)O. The van der Waals surface area contributed by atoms with Gasteiger partial charge in [0, 0.05) is 37.2 Å². The summed E-state index contributed by atoms with van der Waals surface area (Å²) in [5, 5.41) is 12.4. The zero-order chi connectivity index (χ0) is 17.0. The molecule has 7 heteroatoms. The van der Waals surface area contributed by atoms with Crippen molar-refractivity contribution in [2.24, 2.45) is 5.92 Å². The summed E-state index contributed by atoms with van der Waals surface area (Å²) >= 11 is 0. The maximum absolute atomic E-state index is 13.3. The van der Waals surface area contributed by atoms with Gasteiger partial charge in [0.2, 0.25) is 0 Å². The number of hydrogen-bond acceptors (Lipinski definition) is 2. The first-order chi connectivity index (χ1) is 10.9. The van der Waals surface area contributed by atoms with Crippen molar-refractivity contribution in [2.45, 2.75) is 13.3 Å². The monoisotopic (exact) mass is 321 g/mol. The summed E-state index contributed by atoms with van der Waals surface area (Å²) in [6, 6.07) is 4.20. The van der Waals surface area contributed by atoms with Gasteiger partial charge in [-0.1, -0.05) is 6.92 Å². The van der Waals surface area contributed by atoms with Crippen molar-refractivity contribution < 1.29 is 19.1 Å². The van der Waals surface area contributed by atoms with E-state index in [4.69, 9.17) is 5.11 Å². The van der Waals surface area contributed by atoms with Crippen LogP contribution in [0.1, 0.15) is 12.5 Å². The lowest BCUT2D eigenvalue weighted by atomic mass is 10.1. The minimum absolute atomic E-state index is 0.138. The number of hydrogen-bond donors (Lipinski definition) is 3. The molecule has 3 N–H and O–H groups in total. The van der Waals surface area contributed by atoms with Gasteiger partial charge in [-0.3, -0.25) is 4.79 Å². The Balaban J connectivity index is 1.87. The molecule has 1 aromatic heterocycles. The Morgan fingerprint density at radius 3 is 2.87 bits per heavy atom. The number of carbonyl (C=O) groups excluding carboxylic acids is 1. The van der Waals surface area contributed by atoms with Gasteiger partial charge in [-0.15, -0.1) is 0 Å². The number of carbonyl (C=O) groups is 2. The number of fused-ring (bicyclic) bond motifs is 1. The summed E-state index contributed by atoms with van der Waals surface area (Å²) < 4.78 is 13.3. The van der Waals surface area contributed by atoms with Crippen LogP contribution in [0.3, 0.4) is 0 Å². The summed E-state index contributed by atoms with van der Waals surface area (Å²) in [5.74, 6) is -1.86.